The summed E-state index contributed by atoms with van der Waals surface area (Å²) in [5, 5.41) is 9.73. The number of carbonyl (C=O) groups excluding carboxylic acids is 2. The van der Waals surface area contributed by atoms with Crippen LogP contribution in [0.3, 0.4) is 0 Å². The summed E-state index contributed by atoms with van der Waals surface area (Å²) in [7, 11) is 3.69. The third-order valence-corrected chi connectivity index (χ3v) is 2.49. The maximum absolute atomic E-state index is 11.7. The highest BCUT2D eigenvalue weighted by atomic mass is 16.7. The molecule has 1 heterocycles. The Balaban J connectivity index is 3.11. The van der Waals surface area contributed by atoms with Gasteiger partial charge in [-0.25, -0.2) is 9.59 Å². The number of rotatable bonds is 2. The van der Waals surface area contributed by atoms with Crippen molar-refractivity contribution < 1.29 is 23.9 Å². The van der Waals surface area contributed by atoms with Gasteiger partial charge in [0.1, 0.15) is 0 Å². The smallest absolute Gasteiger partial charge is 0.340 e. The van der Waals surface area contributed by atoms with Crippen molar-refractivity contribution in [1.82, 2.24) is 5.06 Å². The van der Waals surface area contributed by atoms with E-state index in [2.05, 4.69) is 9.47 Å². The third kappa shape index (κ3) is 1.62. The van der Waals surface area contributed by atoms with Gasteiger partial charge in [-0.1, -0.05) is 0 Å². The van der Waals surface area contributed by atoms with Gasteiger partial charge in [-0.2, -0.15) is 10.3 Å². The third-order valence-electron chi connectivity index (χ3n) is 2.49. The molecular weight excluding hydrogens is 216 g/mol. The standard InChI is InChI=1S/C9H12N2O5/c1-11-9(7(12)14-2,8(13)15-3)4-6(5-10)16-11/h6H,4H2,1-3H3. The van der Waals surface area contributed by atoms with Crippen LogP contribution in [-0.2, 0) is 23.9 Å². The van der Waals surface area contributed by atoms with Crippen LogP contribution in [0.25, 0.3) is 0 Å². The van der Waals surface area contributed by atoms with Crippen LogP contribution in [0.15, 0.2) is 0 Å². The molecule has 0 N–H and O–H groups in total. The largest absolute Gasteiger partial charge is 0.467 e. The summed E-state index contributed by atoms with van der Waals surface area (Å²) >= 11 is 0. The SMILES string of the molecule is COC(=O)C1(C(=O)OC)CC(C#N)ON1C. The predicted octanol–water partition coefficient (Wildman–Crippen LogP) is -0.770. The first-order valence-corrected chi connectivity index (χ1v) is 4.50. The number of nitriles is 1. The molecule has 0 aromatic heterocycles. The van der Waals surface area contributed by atoms with E-state index in [-0.39, 0.29) is 6.42 Å². The Morgan fingerprint density at radius 3 is 2.25 bits per heavy atom. The second-order valence-electron chi connectivity index (χ2n) is 3.27. The number of hydrogen-bond acceptors (Lipinski definition) is 7. The number of methoxy groups -OCH3 is 2. The zero-order chi connectivity index (χ0) is 12.3. The van der Waals surface area contributed by atoms with Crippen molar-refractivity contribution in [2.75, 3.05) is 21.3 Å². The van der Waals surface area contributed by atoms with Crippen LogP contribution >= 0.6 is 0 Å². The monoisotopic (exact) mass is 228 g/mol. The first-order chi connectivity index (χ1) is 7.52. The van der Waals surface area contributed by atoms with Crippen LogP contribution in [0.5, 0.6) is 0 Å². The Morgan fingerprint density at radius 2 is 1.94 bits per heavy atom. The van der Waals surface area contributed by atoms with Crippen molar-refractivity contribution in [3.8, 4) is 6.07 Å². The lowest BCUT2D eigenvalue weighted by Crippen LogP contribution is -2.55. The van der Waals surface area contributed by atoms with Crippen molar-refractivity contribution in [3.63, 3.8) is 0 Å². The van der Waals surface area contributed by atoms with Crippen LogP contribution in [0.1, 0.15) is 6.42 Å². The molecular formula is C9H12N2O5. The molecule has 1 aliphatic heterocycles. The van der Waals surface area contributed by atoms with E-state index in [9.17, 15) is 9.59 Å². The van der Waals surface area contributed by atoms with E-state index < -0.39 is 23.6 Å². The molecule has 1 saturated heterocycles. The maximum atomic E-state index is 11.7. The first kappa shape index (κ1) is 12.4. The molecule has 0 aromatic rings. The highest BCUT2D eigenvalue weighted by molar-refractivity contribution is 6.05. The van der Waals surface area contributed by atoms with Crippen LogP contribution in [0, 0.1) is 11.3 Å². The van der Waals surface area contributed by atoms with Crippen LogP contribution in [0.2, 0.25) is 0 Å². The van der Waals surface area contributed by atoms with Crippen molar-refractivity contribution >= 4 is 11.9 Å². The first-order valence-electron chi connectivity index (χ1n) is 4.50. The van der Waals surface area contributed by atoms with Gasteiger partial charge in [0.05, 0.1) is 20.3 Å². The van der Waals surface area contributed by atoms with E-state index in [1.807, 2.05) is 6.07 Å². The van der Waals surface area contributed by atoms with Crippen LogP contribution in [0.4, 0.5) is 0 Å². The lowest BCUT2D eigenvalue weighted by atomic mass is 9.93. The molecule has 16 heavy (non-hydrogen) atoms. The summed E-state index contributed by atoms with van der Waals surface area (Å²) in [6.07, 6.45) is -0.984. The second-order valence-corrected chi connectivity index (χ2v) is 3.27. The molecule has 0 spiro atoms. The molecule has 1 fully saturated rings. The number of esters is 2. The fourth-order valence-corrected chi connectivity index (χ4v) is 1.63. The quantitative estimate of drug-likeness (QED) is 0.453. The molecule has 7 heteroatoms. The van der Waals surface area contributed by atoms with Crippen LogP contribution < -0.4 is 0 Å². The van der Waals surface area contributed by atoms with Crippen molar-refractivity contribution in [2.45, 2.75) is 18.1 Å². The highest BCUT2D eigenvalue weighted by Gasteiger charge is 2.59. The molecule has 0 radical (unpaired) electrons. The number of hydrogen-bond donors (Lipinski definition) is 0. The van der Waals surface area contributed by atoms with Gasteiger partial charge in [-0.05, 0) is 0 Å². The highest BCUT2D eigenvalue weighted by Crippen LogP contribution is 2.32. The van der Waals surface area contributed by atoms with E-state index in [1.54, 1.807) is 0 Å². The molecule has 1 atom stereocenters. The zero-order valence-corrected chi connectivity index (χ0v) is 9.22. The number of ether oxygens (including phenoxy) is 2. The minimum atomic E-state index is -1.69. The van der Waals surface area contributed by atoms with Gasteiger partial charge in [0, 0.05) is 13.5 Å². The van der Waals surface area contributed by atoms with Crippen molar-refractivity contribution in [2.24, 2.45) is 0 Å². The summed E-state index contributed by atoms with van der Waals surface area (Å²) in [6.45, 7) is 0. The van der Waals surface area contributed by atoms with E-state index in [0.29, 0.717) is 0 Å². The van der Waals surface area contributed by atoms with Gasteiger partial charge in [0.25, 0.3) is 0 Å². The summed E-state index contributed by atoms with van der Waals surface area (Å²) < 4.78 is 9.11. The molecule has 0 amide bonds. The van der Waals surface area contributed by atoms with E-state index in [1.165, 1.54) is 7.05 Å². The Bertz CT molecular complexity index is 332. The molecule has 7 nitrogen and oxygen atoms in total. The Labute approximate surface area is 92.4 Å². The summed E-state index contributed by atoms with van der Waals surface area (Å²) in [4.78, 5) is 28.4. The Hall–Kier alpha value is -1.65. The number of hydroxylamine groups is 2. The molecule has 0 aromatic carbocycles. The topological polar surface area (TPSA) is 88.9 Å². The molecule has 1 unspecified atom stereocenters. The number of carbonyl (C=O) groups is 2. The van der Waals surface area contributed by atoms with Gasteiger partial charge in [-0.3, -0.25) is 4.84 Å². The average molecular weight is 228 g/mol. The van der Waals surface area contributed by atoms with Gasteiger partial charge in [-0.15, -0.1) is 0 Å². The minimum Gasteiger partial charge on any atom is -0.467 e. The molecule has 1 aliphatic rings. The normalized spacial score (nSPS) is 23.5. The molecule has 88 valence electrons. The Morgan fingerprint density at radius 1 is 1.44 bits per heavy atom. The van der Waals surface area contributed by atoms with Gasteiger partial charge >= 0.3 is 11.9 Å². The summed E-state index contributed by atoms with van der Waals surface area (Å²) in [6, 6.07) is 1.83. The van der Waals surface area contributed by atoms with Gasteiger partial charge < -0.3 is 9.47 Å². The lowest BCUT2D eigenvalue weighted by Gasteiger charge is -2.27. The molecule has 0 aliphatic carbocycles. The number of nitrogens with zero attached hydrogens (tertiary/aromatic N) is 2. The van der Waals surface area contributed by atoms with Crippen molar-refractivity contribution in [3.05, 3.63) is 0 Å². The zero-order valence-electron chi connectivity index (χ0n) is 9.22. The molecule has 0 saturated carbocycles. The van der Waals surface area contributed by atoms with E-state index in [0.717, 1.165) is 19.3 Å². The van der Waals surface area contributed by atoms with Crippen LogP contribution in [-0.4, -0.2) is 49.9 Å². The van der Waals surface area contributed by atoms with Gasteiger partial charge in [0.15, 0.2) is 6.10 Å². The predicted molar refractivity (Wildman–Crippen MR) is 49.6 cm³/mol. The summed E-state index contributed by atoms with van der Waals surface area (Å²) in [5.41, 5.74) is -1.69. The molecule has 1 rings (SSSR count). The van der Waals surface area contributed by atoms with E-state index >= 15 is 0 Å². The second kappa shape index (κ2) is 4.47. The Kier molecular flexibility index (Phi) is 3.47. The minimum absolute atomic E-state index is 0.112. The lowest BCUT2D eigenvalue weighted by molar-refractivity contribution is -0.198. The van der Waals surface area contributed by atoms with Crippen molar-refractivity contribution in [1.29, 1.82) is 5.26 Å². The molecule has 0 bridgehead atoms. The fourth-order valence-electron chi connectivity index (χ4n) is 1.63. The van der Waals surface area contributed by atoms with Gasteiger partial charge in [0.2, 0.25) is 5.54 Å². The average Bonchev–Trinajstić information content (AvgIpc) is 2.65. The summed E-state index contributed by atoms with van der Waals surface area (Å²) in [5.74, 6) is -1.61. The maximum Gasteiger partial charge on any atom is 0.340 e. The fraction of sp³-hybridized carbons (Fsp3) is 0.667. The number of likely N-dealkylation sites (N-methyl/N-ethyl adjacent to an activating group) is 1. The van der Waals surface area contributed by atoms with E-state index in [4.69, 9.17) is 10.1 Å².